The van der Waals surface area contributed by atoms with Crippen LogP contribution in [-0.2, 0) is 38.1 Å². The summed E-state index contributed by atoms with van der Waals surface area (Å²) >= 11 is 0. The predicted molar refractivity (Wildman–Crippen MR) is 163 cm³/mol. The maximum absolute atomic E-state index is 13.6. The highest BCUT2D eigenvalue weighted by atomic mass is 16.6. The lowest BCUT2D eigenvalue weighted by Crippen LogP contribution is -2.59. The van der Waals surface area contributed by atoms with Crippen molar-refractivity contribution in [1.29, 1.82) is 0 Å². The van der Waals surface area contributed by atoms with Crippen LogP contribution >= 0.6 is 0 Å². The smallest absolute Gasteiger partial charge is 0.346 e. The molecule has 0 aliphatic carbocycles. The van der Waals surface area contributed by atoms with Crippen LogP contribution in [0.3, 0.4) is 0 Å². The Morgan fingerprint density at radius 2 is 1.53 bits per heavy atom. The number of hydrogen-bond acceptors (Lipinski definition) is 11. The molecule has 4 aliphatic heterocycles. The van der Waals surface area contributed by atoms with Gasteiger partial charge in [0.2, 0.25) is 5.60 Å². The summed E-state index contributed by atoms with van der Waals surface area (Å²) in [6.45, 7) is 7.71. The fourth-order valence-electron chi connectivity index (χ4n) is 7.01. The van der Waals surface area contributed by atoms with Gasteiger partial charge >= 0.3 is 17.9 Å². The number of allylic oxidation sites excluding steroid dienone is 3. The maximum Gasteiger partial charge on any atom is 0.346 e. The number of rotatable bonds is 6. The molecule has 0 aromatic heterocycles. The van der Waals surface area contributed by atoms with Gasteiger partial charge in [-0.3, -0.25) is 9.59 Å². The fraction of sp³-hybridized carbons (Fsp3) is 0.794. The van der Waals surface area contributed by atoms with Crippen LogP contribution in [0.5, 0.6) is 0 Å². The number of aliphatic hydroxyl groups excluding tert-OH is 2. The number of hydrogen-bond donors (Lipinski definition) is 3. The number of esters is 3. The normalized spacial score (nSPS) is 42.3. The molecule has 11 heteroatoms. The lowest BCUT2D eigenvalue weighted by molar-refractivity contribution is -0.200. The van der Waals surface area contributed by atoms with Gasteiger partial charge in [-0.25, -0.2) is 4.79 Å². The van der Waals surface area contributed by atoms with E-state index in [0.717, 1.165) is 0 Å². The molecule has 0 radical (unpaired) electrons. The monoisotopic (exact) mass is 636 g/mol. The molecule has 0 spiro atoms. The SMILES string of the molecule is CCCC(=O)O[C@H]1C[C@H]2C[C@@H](O)C[C@@H](C[C@@H](C)/C=C/C=C\C[C@H]3O[C@H](C[C@H]3C)[C@H](O)C[C@H]3OC(=O)[C@@]1(O)[C@H]3OC(=O)CCC)O2. The number of aliphatic hydroxyl groups is 3. The van der Waals surface area contributed by atoms with E-state index in [0.29, 0.717) is 38.5 Å². The Labute approximate surface area is 266 Å². The molecule has 3 N–H and O–H groups in total. The number of fused-ring (bicyclic) bond motifs is 6. The molecule has 0 aromatic carbocycles. The van der Waals surface area contributed by atoms with Gasteiger partial charge in [0.1, 0.15) is 12.2 Å². The lowest BCUT2D eigenvalue weighted by Gasteiger charge is -2.39. The summed E-state index contributed by atoms with van der Waals surface area (Å²) in [5.41, 5.74) is -2.56. The number of carbonyl (C=O) groups is 3. The van der Waals surface area contributed by atoms with Gasteiger partial charge in [0.15, 0.2) is 6.10 Å². The Kier molecular flexibility index (Phi) is 12.6. The van der Waals surface area contributed by atoms with Gasteiger partial charge in [-0.05, 0) is 56.8 Å². The molecular formula is C34H52O11. The molecule has 4 rings (SSSR count). The molecule has 3 fully saturated rings. The zero-order chi connectivity index (χ0) is 32.7. The fourth-order valence-corrected chi connectivity index (χ4v) is 7.01. The van der Waals surface area contributed by atoms with Crippen LogP contribution in [0.1, 0.15) is 98.3 Å². The molecular weight excluding hydrogens is 584 g/mol. The molecule has 3 saturated heterocycles. The van der Waals surface area contributed by atoms with E-state index >= 15 is 0 Å². The molecule has 0 amide bonds. The molecule has 45 heavy (non-hydrogen) atoms. The second-order valence-electron chi connectivity index (χ2n) is 13.4. The van der Waals surface area contributed by atoms with Crippen LogP contribution in [0.4, 0.5) is 0 Å². The van der Waals surface area contributed by atoms with E-state index in [2.05, 4.69) is 19.9 Å². The first-order valence-electron chi connectivity index (χ1n) is 16.8. The topological polar surface area (TPSA) is 158 Å². The Balaban J connectivity index is 1.71. The van der Waals surface area contributed by atoms with Gasteiger partial charge in [-0.15, -0.1) is 0 Å². The van der Waals surface area contributed by atoms with Crippen LogP contribution < -0.4 is 0 Å². The quantitative estimate of drug-likeness (QED) is 0.290. The third-order valence-corrected chi connectivity index (χ3v) is 9.40. The first kappa shape index (κ1) is 35.5. The van der Waals surface area contributed by atoms with Crippen LogP contribution in [0.2, 0.25) is 0 Å². The van der Waals surface area contributed by atoms with E-state index in [9.17, 15) is 29.7 Å². The third kappa shape index (κ3) is 8.94. The van der Waals surface area contributed by atoms with E-state index in [1.807, 2.05) is 18.2 Å². The van der Waals surface area contributed by atoms with Crippen molar-refractivity contribution in [3.8, 4) is 0 Å². The summed E-state index contributed by atoms with van der Waals surface area (Å²) in [4.78, 5) is 39.3. The third-order valence-electron chi connectivity index (χ3n) is 9.40. The number of ether oxygens (including phenoxy) is 5. The van der Waals surface area contributed by atoms with E-state index in [1.165, 1.54) is 0 Å². The van der Waals surface area contributed by atoms with Crippen molar-refractivity contribution in [1.82, 2.24) is 0 Å². The van der Waals surface area contributed by atoms with Crippen molar-refractivity contribution in [3.63, 3.8) is 0 Å². The summed E-state index contributed by atoms with van der Waals surface area (Å²) < 4.78 is 29.7. The minimum Gasteiger partial charge on any atom is -0.458 e. The second-order valence-corrected chi connectivity index (χ2v) is 13.4. The van der Waals surface area contributed by atoms with Crippen LogP contribution in [0.25, 0.3) is 0 Å². The van der Waals surface area contributed by atoms with Gasteiger partial charge in [-0.2, -0.15) is 0 Å². The predicted octanol–water partition coefficient (Wildman–Crippen LogP) is 3.45. The van der Waals surface area contributed by atoms with E-state index in [4.69, 9.17) is 23.7 Å². The number of carbonyl (C=O) groups excluding carboxylic acids is 3. The first-order chi connectivity index (χ1) is 21.4. The van der Waals surface area contributed by atoms with E-state index in [1.54, 1.807) is 13.8 Å². The van der Waals surface area contributed by atoms with Gasteiger partial charge in [0, 0.05) is 25.7 Å². The zero-order valence-electron chi connectivity index (χ0n) is 27.0. The molecule has 4 heterocycles. The molecule has 11 nitrogen and oxygen atoms in total. The average Bonchev–Trinajstić information content (AvgIpc) is 3.44. The second kappa shape index (κ2) is 16.0. The van der Waals surface area contributed by atoms with Crippen molar-refractivity contribution in [3.05, 3.63) is 24.3 Å². The first-order valence-corrected chi connectivity index (χ1v) is 16.8. The van der Waals surface area contributed by atoms with Crippen molar-refractivity contribution >= 4 is 17.9 Å². The highest BCUT2D eigenvalue weighted by Crippen LogP contribution is 2.41. The molecule has 254 valence electrons. The Bertz CT molecular complexity index is 1070. The Morgan fingerprint density at radius 1 is 0.867 bits per heavy atom. The summed E-state index contributed by atoms with van der Waals surface area (Å²) in [6, 6.07) is 0. The van der Waals surface area contributed by atoms with Gasteiger partial charge < -0.3 is 39.0 Å². The molecule has 0 aromatic rings. The lowest BCUT2D eigenvalue weighted by atomic mass is 9.83. The van der Waals surface area contributed by atoms with Gasteiger partial charge in [0.25, 0.3) is 0 Å². The molecule has 6 bridgehead atoms. The van der Waals surface area contributed by atoms with E-state index < -0.39 is 66.2 Å². The summed E-state index contributed by atoms with van der Waals surface area (Å²) in [6.07, 6.45) is 3.60. The van der Waals surface area contributed by atoms with Crippen LogP contribution in [0, 0.1) is 11.8 Å². The average molecular weight is 637 g/mol. The van der Waals surface area contributed by atoms with Gasteiger partial charge in [-0.1, -0.05) is 52.0 Å². The minimum absolute atomic E-state index is 0.0288. The minimum atomic E-state index is -2.56. The van der Waals surface area contributed by atoms with Crippen molar-refractivity contribution in [2.75, 3.05) is 0 Å². The maximum atomic E-state index is 13.6. The van der Waals surface area contributed by atoms with E-state index in [-0.39, 0.29) is 56.1 Å². The summed E-state index contributed by atoms with van der Waals surface area (Å²) in [5, 5.41) is 34.2. The Morgan fingerprint density at radius 3 is 2.22 bits per heavy atom. The molecule has 12 atom stereocenters. The molecule has 0 unspecified atom stereocenters. The summed E-state index contributed by atoms with van der Waals surface area (Å²) in [5.74, 6) is -2.11. The Hall–Kier alpha value is -2.31. The molecule has 4 aliphatic rings. The summed E-state index contributed by atoms with van der Waals surface area (Å²) in [7, 11) is 0. The van der Waals surface area contributed by atoms with Crippen LogP contribution in [0.15, 0.2) is 24.3 Å². The van der Waals surface area contributed by atoms with Crippen LogP contribution in [-0.4, -0.2) is 93.8 Å². The molecule has 0 saturated carbocycles. The van der Waals surface area contributed by atoms with Gasteiger partial charge in [0.05, 0.1) is 36.6 Å². The van der Waals surface area contributed by atoms with Crippen molar-refractivity contribution in [2.24, 2.45) is 11.8 Å². The standard InChI is InChI=1S/C34H52O11/c1-5-10-30(37)44-29-18-24-17-22(35)16-23(41-24)14-20(3)12-8-7-9-13-26-21(4)15-27(42-26)25(36)19-28-32(45-31(38)11-6-2)34(29,40)33(39)43-28/h7-9,12,20-29,32,35-36,40H,5-6,10-11,13-19H2,1-4H3/b9-7-,12-8+/t20-,21+,22-,23+,24+,25+,26+,27+,28+,29-,32-,34-/m0/s1. The highest BCUT2D eigenvalue weighted by Gasteiger charge is 2.65. The largest absolute Gasteiger partial charge is 0.458 e. The zero-order valence-corrected chi connectivity index (χ0v) is 27.0. The highest BCUT2D eigenvalue weighted by molar-refractivity contribution is 5.85. The van der Waals surface area contributed by atoms with Crippen molar-refractivity contribution in [2.45, 2.75) is 159 Å². The van der Waals surface area contributed by atoms with Crippen molar-refractivity contribution < 1.29 is 53.4 Å².